The first-order chi connectivity index (χ1) is 10.9. The van der Waals surface area contributed by atoms with E-state index in [1.807, 2.05) is 6.07 Å². The van der Waals surface area contributed by atoms with E-state index in [9.17, 15) is 0 Å². The van der Waals surface area contributed by atoms with E-state index in [1.54, 1.807) is 0 Å². The molecule has 0 radical (unpaired) electrons. The van der Waals surface area contributed by atoms with E-state index < -0.39 is 0 Å². The summed E-state index contributed by atoms with van der Waals surface area (Å²) in [6.45, 7) is 0.637. The Morgan fingerprint density at radius 3 is 2.32 bits per heavy atom. The summed E-state index contributed by atoms with van der Waals surface area (Å²) >= 11 is 0. The molecule has 2 heterocycles. The highest BCUT2D eigenvalue weighted by Crippen LogP contribution is 2.43. The summed E-state index contributed by atoms with van der Waals surface area (Å²) in [5, 5.41) is 0. The monoisotopic (exact) mass is 292 g/mol. The number of hydrogen-bond donors (Lipinski definition) is 0. The molecule has 1 fully saturated rings. The highest BCUT2D eigenvalue weighted by Gasteiger charge is 2.42. The number of ether oxygens (including phenoxy) is 2. The van der Waals surface area contributed by atoms with Gasteiger partial charge in [0.05, 0.1) is 24.9 Å². The third kappa shape index (κ3) is 2.72. The van der Waals surface area contributed by atoms with Crippen molar-refractivity contribution < 1.29 is 9.47 Å². The molecule has 2 aliphatic heterocycles. The Hall–Kier alpha value is -1.90. The fraction of sp³-hybridized carbons (Fsp3) is 0.300. The SMILES string of the molecule is C1=C[C@@H]2O[C@H]1CC2C(OCc1ccccc1)c1ccccc1. The lowest BCUT2D eigenvalue weighted by Gasteiger charge is -2.27. The van der Waals surface area contributed by atoms with Gasteiger partial charge in [-0.3, -0.25) is 0 Å². The van der Waals surface area contributed by atoms with Gasteiger partial charge in [0.15, 0.2) is 0 Å². The van der Waals surface area contributed by atoms with Crippen molar-refractivity contribution in [3.63, 3.8) is 0 Å². The van der Waals surface area contributed by atoms with E-state index in [0.29, 0.717) is 12.5 Å². The van der Waals surface area contributed by atoms with Crippen molar-refractivity contribution in [2.45, 2.75) is 31.3 Å². The molecule has 0 saturated carbocycles. The molecule has 1 saturated heterocycles. The summed E-state index contributed by atoms with van der Waals surface area (Å²) in [4.78, 5) is 0. The summed E-state index contributed by atoms with van der Waals surface area (Å²) in [7, 11) is 0. The van der Waals surface area contributed by atoms with Crippen molar-refractivity contribution in [2.75, 3.05) is 0 Å². The Kier molecular flexibility index (Phi) is 3.79. The van der Waals surface area contributed by atoms with E-state index in [1.165, 1.54) is 11.1 Å². The lowest BCUT2D eigenvalue weighted by molar-refractivity contribution is -0.0170. The molecule has 2 aromatic rings. The zero-order valence-electron chi connectivity index (χ0n) is 12.5. The average molecular weight is 292 g/mol. The number of benzene rings is 2. The molecule has 4 rings (SSSR count). The third-order valence-electron chi connectivity index (χ3n) is 4.56. The number of fused-ring (bicyclic) bond motifs is 2. The summed E-state index contributed by atoms with van der Waals surface area (Å²) in [5.41, 5.74) is 2.45. The van der Waals surface area contributed by atoms with Gasteiger partial charge in [-0.15, -0.1) is 0 Å². The van der Waals surface area contributed by atoms with Gasteiger partial charge in [-0.1, -0.05) is 72.8 Å². The normalized spacial score (nSPS) is 27.2. The second-order valence-electron chi connectivity index (χ2n) is 6.05. The summed E-state index contributed by atoms with van der Waals surface area (Å²) in [5.74, 6) is 0.404. The molecule has 22 heavy (non-hydrogen) atoms. The molecule has 2 unspecified atom stereocenters. The molecule has 0 spiro atoms. The minimum absolute atomic E-state index is 0.0846. The third-order valence-corrected chi connectivity index (χ3v) is 4.56. The van der Waals surface area contributed by atoms with Crippen LogP contribution in [0, 0.1) is 5.92 Å². The topological polar surface area (TPSA) is 18.5 Å². The van der Waals surface area contributed by atoms with Crippen LogP contribution in [0.3, 0.4) is 0 Å². The maximum Gasteiger partial charge on any atom is 0.0886 e. The summed E-state index contributed by atoms with van der Waals surface area (Å²) in [6.07, 6.45) is 5.99. The fourth-order valence-electron chi connectivity index (χ4n) is 3.47. The first-order valence-electron chi connectivity index (χ1n) is 7.94. The average Bonchev–Trinajstić information content (AvgIpc) is 3.20. The van der Waals surface area contributed by atoms with E-state index in [4.69, 9.17) is 9.47 Å². The smallest absolute Gasteiger partial charge is 0.0886 e. The van der Waals surface area contributed by atoms with Gasteiger partial charge in [0.2, 0.25) is 0 Å². The predicted octanol–water partition coefficient (Wildman–Crippen LogP) is 4.29. The molecule has 2 aliphatic rings. The molecule has 0 aromatic heterocycles. The van der Waals surface area contributed by atoms with Crippen molar-refractivity contribution in [3.8, 4) is 0 Å². The fourth-order valence-corrected chi connectivity index (χ4v) is 3.47. The zero-order chi connectivity index (χ0) is 14.8. The Morgan fingerprint density at radius 1 is 0.955 bits per heavy atom. The lowest BCUT2D eigenvalue weighted by atomic mass is 9.85. The van der Waals surface area contributed by atoms with Crippen LogP contribution < -0.4 is 0 Å². The Morgan fingerprint density at radius 2 is 1.68 bits per heavy atom. The summed E-state index contributed by atoms with van der Waals surface area (Å²) in [6, 6.07) is 20.9. The van der Waals surface area contributed by atoms with Crippen molar-refractivity contribution in [1.29, 1.82) is 0 Å². The van der Waals surface area contributed by atoms with Crippen molar-refractivity contribution in [1.82, 2.24) is 0 Å². The van der Waals surface area contributed by atoms with Crippen LogP contribution in [-0.2, 0) is 16.1 Å². The molecule has 2 nitrogen and oxygen atoms in total. The molecule has 0 amide bonds. The maximum atomic E-state index is 6.34. The first-order valence-corrected chi connectivity index (χ1v) is 7.94. The molecule has 112 valence electrons. The predicted molar refractivity (Wildman–Crippen MR) is 86.3 cm³/mol. The van der Waals surface area contributed by atoms with Crippen LogP contribution in [0.15, 0.2) is 72.8 Å². The van der Waals surface area contributed by atoms with Crippen LogP contribution in [0.5, 0.6) is 0 Å². The van der Waals surface area contributed by atoms with Crippen LogP contribution in [0.1, 0.15) is 23.7 Å². The first kappa shape index (κ1) is 13.7. The highest BCUT2D eigenvalue weighted by molar-refractivity contribution is 5.23. The molecular formula is C20H20O2. The van der Waals surface area contributed by atoms with E-state index in [-0.39, 0.29) is 18.3 Å². The minimum atomic E-state index is 0.0846. The molecule has 0 aliphatic carbocycles. The Labute approximate surface area is 131 Å². The van der Waals surface area contributed by atoms with Crippen molar-refractivity contribution in [3.05, 3.63) is 83.9 Å². The Bertz CT molecular complexity index is 635. The van der Waals surface area contributed by atoms with E-state index >= 15 is 0 Å². The van der Waals surface area contributed by atoms with E-state index in [0.717, 1.165) is 6.42 Å². The zero-order valence-corrected chi connectivity index (χ0v) is 12.5. The molecule has 2 aromatic carbocycles. The second-order valence-corrected chi connectivity index (χ2v) is 6.05. The van der Waals surface area contributed by atoms with Crippen LogP contribution in [0.4, 0.5) is 0 Å². The largest absolute Gasteiger partial charge is 0.368 e. The van der Waals surface area contributed by atoms with Gasteiger partial charge in [0.1, 0.15) is 0 Å². The van der Waals surface area contributed by atoms with Gasteiger partial charge < -0.3 is 9.47 Å². The van der Waals surface area contributed by atoms with Gasteiger partial charge in [0, 0.05) is 5.92 Å². The molecule has 0 N–H and O–H groups in total. The van der Waals surface area contributed by atoms with Crippen molar-refractivity contribution >= 4 is 0 Å². The van der Waals surface area contributed by atoms with Gasteiger partial charge in [-0.25, -0.2) is 0 Å². The summed E-state index contributed by atoms with van der Waals surface area (Å²) < 4.78 is 12.3. The van der Waals surface area contributed by atoms with Gasteiger partial charge >= 0.3 is 0 Å². The number of hydrogen-bond acceptors (Lipinski definition) is 2. The van der Waals surface area contributed by atoms with Gasteiger partial charge in [-0.2, -0.15) is 0 Å². The molecule has 4 atom stereocenters. The van der Waals surface area contributed by atoms with Crippen LogP contribution >= 0.6 is 0 Å². The van der Waals surface area contributed by atoms with Crippen molar-refractivity contribution in [2.24, 2.45) is 5.92 Å². The minimum Gasteiger partial charge on any atom is -0.368 e. The molecule has 2 bridgehead atoms. The van der Waals surface area contributed by atoms with E-state index in [2.05, 4.69) is 66.7 Å². The molecule has 2 heteroatoms. The lowest BCUT2D eigenvalue weighted by Crippen LogP contribution is -2.23. The maximum absolute atomic E-state index is 6.34. The van der Waals surface area contributed by atoms with Crippen LogP contribution in [0.25, 0.3) is 0 Å². The van der Waals surface area contributed by atoms with Crippen LogP contribution in [0.2, 0.25) is 0 Å². The number of rotatable bonds is 5. The highest BCUT2D eigenvalue weighted by atomic mass is 16.5. The van der Waals surface area contributed by atoms with Gasteiger partial charge in [-0.05, 0) is 17.5 Å². The quantitative estimate of drug-likeness (QED) is 0.765. The van der Waals surface area contributed by atoms with Gasteiger partial charge in [0.25, 0.3) is 0 Å². The molecular weight excluding hydrogens is 272 g/mol. The standard InChI is InChI=1S/C20H20O2/c1-3-7-15(8-4-1)14-21-20(16-9-5-2-6-10-16)18-13-17-11-12-19(18)22-17/h1-12,17-20H,13-14H2/t17-,18?,19+,20?/m1/s1. The van der Waals surface area contributed by atoms with Crippen LogP contribution in [-0.4, -0.2) is 12.2 Å². The Balaban J connectivity index is 1.55. The second kappa shape index (κ2) is 6.07.